The molecule has 7 heteroatoms. The third-order valence-corrected chi connectivity index (χ3v) is 3.88. The molecule has 1 heterocycles. The van der Waals surface area contributed by atoms with Gasteiger partial charge in [-0.3, -0.25) is 4.99 Å². The number of guanidine groups is 1. The van der Waals surface area contributed by atoms with E-state index in [1.54, 1.807) is 7.05 Å². The highest BCUT2D eigenvalue weighted by atomic mass is 127. The van der Waals surface area contributed by atoms with Gasteiger partial charge in [-0.05, 0) is 11.8 Å². The van der Waals surface area contributed by atoms with Crippen LogP contribution in [0, 0.1) is 0 Å². The lowest BCUT2D eigenvalue weighted by molar-refractivity contribution is 0.466. The van der Waals surface area contributed by atoms with Crippen molar-refractivity contribution >= 4 is 41.7 Å². The lowest BCUT2D eigenvalue weighted by Crippen LogP contribution is -2.39. The summed E-state index contributed by atoms with van der Waals surface area (Å²) >= 11 is 1.82. The number of imidazole rings is 1. The van der Waals surface area contributed by atoms with Crippen LogP contribution in [0.3, 0.4) is 0 Å². The second-order valence-corrected chi connectivity index (χ2v) is 5.92. The van der Waals surface area contributed by atoms with Gasteiger partial charge < -0.3 is 15.2 Å². The molecule has 0 aliphatic carbocycles. The SMILES string of the molecule is CN=C(NCCSC)N(C)Cc1ncc(-c2ccccc2)[nH]1.I. The van der Waals surface area contributed by atoms with E-state index in [1.165, 1.54) is 0 Å². The van der Waals surface area contributed by atoms with Gasteiger partial charge in [0, 0.05) is 26.4 Å². The molecule has 23 heavy (non-hydrogen) atoms. The summed E-state index contributed by atoms with van der Waals surface area (Å²) < 4.78 is 0. The maximum absolute atomic E-state index is 4.46. The van der Waals surface area contributed by atoms with Gasteiger partial charge in [0.1, 0.15) is 5.82 Å². The number of hydrogen-bond acceptors (Lipinski definition) is 3. The van der Waals surface area contributed by atoms with Crippen molar-refractivity contribution in [3.05, 3.63) is 42.4 Å². The minimum atomic E-state index is 0. The molecule has 126 valence electrons. The molecule has 0 amide bonds. The van der Waals surface area contributed by atoms with Crippen LogP contribution in [0.25, 0.3) is 11.3 Å². The van der Waals surface area contributed by atoms with Crippen LogP contribution in [-0.4, -0.2) is 53.5 Å². The number of aromatic nitrogens is 2. The molecule has 0 unspecified atom stereocenters. The van der Waals surface area contributed by atoms with Gasteiger partial charge in [0.2, 0.25) is 0 Å². The summed E-state index contributed by atoms with van der Waals surface area (Å²) in [6.07, 6.45) is 3.98. The molecule has 1 aromatic heterocycles. The topological polar surface area (TPSA) is 56.3 Å². The van der Waals surface area contributed by atoms with Crippen molar-refractivity contribution in [3.63, 3.8) is 0 Å². The first-order chi connectivity index (χ1) is 10.7. The predicted octanol–water partition coefficient (Wildman–Crippen LogP) is 3.06. The van der Waals surface area contributed by atoms with Crippen molar-refractivity contribution in [2.24, 2.45) is 4.99 Å². The molecule has 0 fully saturated rings. The smallest absolute Gasteiger partial charge is 0.193 e. The van der Waals surface area contributed by atoms with Gasteiger partial charge in [0.05, 0.1) is 18.4 Å². The molecule has 0 saturated heterocycles. The van der Waals surface area contributed by atoms with Gasteiger partial charge in [0.25, 0.3) is 0 Å². The van der Waals surface area contributed by atoms with Crippen molar-refractivity contribution in [1.29, 1.82) is 0 Å². The van der Waals surface area contributed by atoms with E-state index in [0.29, 0.717) is 6.54 Å². The van der Waals surface area contributed by atoms with Crippen LogP contribution in [0.4, 0.5) is 0 Å². The second kappa shape index (κ2) is 10.5. The van der Waals surface area contributed by atoms with Gasteiger partial charge in [-0.25, -0.2) is 4.98 Å². The van der Waals surface area contributed by atoms with E-state index in [0.717, 1.165) is 35.3 Å². The number of benzene rings is 1. The molecule has 0 bridgehead atoms. The molecular formula is C16H24IN5S. The Balaban J connectivity index is 0.00000264. The minimum Gasteiger partial charge on any atom is -0.355 e. The summed E-state index contributed by atoms with van der Waals surface area (Å²) in [6, 6.07) is 10.2. The molecule has 2 rings (SSSR count). The van der Waals surface area contributed by atoms with Gasteiger partial charge in [-0.1, -0.05) is 30.3 Å². The van der Waals surface area contributed by atoms with Crippen molar-refractivity contribution < 1.29 is 0 Å². The van der Waals surface area contributed by atoms with Gasteiger partial charge in [0.15, 0.2) is 5.96 Å². The number of nitrogens with zero attached hydrogens (tertiary/aromatic N) is 3. The summed E-state index contributed by atoms with van der Waals surface area (Å²) in [6.45, 7) is 1.59. The number of thioether (sulfide) groups is 1. The molecule has 0 spiro atoms. The Morgan fingerprint density at radius 1 is 1.35 bits per heavy atom. The quantitative estimate of drug-likeness (QED) is 0.311. The fourth-order valence-corrected chi connectivity index (χ4v) is 2.46. The van der Waals surface area contributed by atoms with Gasteiger partial charge in [-0.2, -0.15) is 11.8 Å². The Bertz CT molecular complexity index is 600. The van der Waals surface area contributed by atoms with Crippen LogP contribution in [0.15, 0.2) is 41.5 Å². The van der Waals surface area contributed by atoms with Crippen LogP contribution in [0.1, 0.15) is 5.82 Å². The Hall–Kier alpha value is -1.22. The molecule has 5 nitrogen and oxygen atoms in total. The molecule has 0 aliphatic rings. The minimum absolute atomic E-state index is 0. The Morgan fingerprint density at radius 2 is 2.09 bits per heavy atom. The second-order valence-electron chi connectivity index (χ2n) is 4.93. The highest BCUT2D eigenvalue weighted by molar-refractivity contribution is 14.0. The van der Waals surface area contributed by atoms with Crippen LogP contribution in [0.5, 0.6) is 0 Å². The first-order valence-electron chi connectivity index (χ1n) is 7.24. The number of aromatic amines is 1. The molecule has 0 saturated carbocycles. The molecule has 0 atom stereocenters. The summed E-state index contributed by atoms with van der Waals surface area (Å²) in [4.78, 5) is 14.2. The molecular weight excluding hydrogens is 421 g/mol. The zero-order valence-corrected chi connectivity index (χ0v) is 16.9. The highest BCUT2D eigenvalue weighted by Gasteiger charge is 2.09. The van der Waals surface area contributed by atoms with Crippen LogP contribution in [-0.2, 0) is 6.54 Å². The monoisotopic (exact) mass is 445 g/mol. The zero-order chi connectivity index (χ0) is 15.8. The molecule has 0 aliphatic heterocycles. The Morgan fingerprint density at radius 3 is 2.74 bits per heavy atom. The van der Waals surface area contributed by atoms with Crippen LogP contribution < -0.4 is 5.32 Å². The third-order valence-electron chi connectivity index (χ3n) is 3.26. The van der Waals surface area contributed by atoms with Crippen molar-refractivity contribution in [3.8, 4) is 11.3 Å². The van der Waals surface area contributed by atoms with Crippen molar-refractivity contribution in [2.75, 3.05) is 32.6 Å². The number of nitrogens with one attached hydrogen (secondary N) is 2. The van der Waals surface area contributed by atoms with E-state index < -0.39 is 0 Å². The number of aliphatic imine (C=N–C) groups is 1. The van der Waals surface area contributed by atoms with E-state index in [1.807, 2.05) is 43.2 Å². The maximum Gasteiger partial charge on any atom is 0.193 e. The van der Waals surface area contributed by atoms with Crippen LogP contribution in [0.2, 0.25) is 0 Å². The number of halogens is 1. The standard InChI is InChI=1S/C16H23N5S.HI/c1-17-16(18-9-10-22-3)21(2)12-15-19-11-14(20-15)13-7-5-4-6-8-13;/h4-8,11H,9-10,12H2,1-3H3,(H,17,18)(H,19,20);1H. The lowest BCUT2D eigenvalue weighted by Gasteiger charge is -2.20. The lowest BCUT2D eigenvalue weighted by atomic mass is 10.2. The van der Waals surface area contributed by atoms with E-state index in [4.69, 9.17) is 0 Å². The summed E-state index contributed by atoms with van der Waals surface area (Å²) in [5.74, 6) is 2.87. The predicted molar refractivity (Wildman–Crippen MR) is 111 cm³/mol. The maximum atomic E-state index is 4.46. The highest BCUT2D eigenvalue weighted by Crippen LogP contribution is 2.16. The normalized spacial score (nSPS) is 11.0. The number of H-pyrrole nitrogens is 1. The average molecular weight is 445 g/mol. The van der Waals surface area contributed by atoms with E-state index >= 15 is 0 Å². The van der Waals surface area contributed by atoms with Crippen LogP contribution >= 0.6 is 35.7 Å². The van der Waals surface area contributed by atoms with E-state index in [9.17, 15) is 0 Å². The van der Waals surface area contributed by atoms with Gasteiger partial charge >= 0.3 is 0 Å². The Labute approximate surface area is 159 Å². The van der Waals surface area contributed by atoms with Crippen molar-refractivity contribution in [1.82, 2.24) is 20.2 Å². The third kappa shape index (κ3) is 6.06. The molecule has 2 aromatic rings. The fraction of sp³-hybridized carbons (Fsp3) is 0.375. The molecule has 1 aromatic carbocycles. The Kier molecular flexibility index (Phi) is 9.08. The summed E-state index contributed by atoms with van der Waals surface area (Å²) in [5.41, 5.74) is 2.18. The van der Waals surface area contributed by atoms with E-state index in [2.05, 4.69) is 43.6 Å². The number of hydrogen-bond donors (Lipinski definition) is 2. The molecule has 0 radical (unpaired) electrons. The molecule has 2 N–H and O–H groups in total. The first kappa shape index (κ1) is 19.8. The van der Waals surface area contributed by atoms with Crippen molar-refractivity contribution in [2.45, 2.75) is 6.54 Å². The number of rotatable bonds is 6. The van der Waals surface area contributed by atoms with Gasteiger partial charge in [-0.15, -0.1) is 24.0 Å². The van der Waals surface area contributed by atoms with E-state index in [-0.39, 0.29) is 24.0 Å². The zero-order valence-electron chi connectivity index (χ0n) is 13.7. The summed E-state index contributed by atoms with van der Waals surface area (Å²) in [7, 11) is 3.81. The summed E-state index contributed by atoms with van der Waals surface area (Å²) in [5, 5.41) is 3.34. The largest absolute Gasteiger partial charge is 0.355 e. The average Bonchev–Trinajstić information content (AvgIpc) is 3.01. The fourth-order valence-electron chi connectivity index (χ4n) is 2.16. The first-order valence-corrected chi connectivity index (χ1v) is 8.64.